The maximum atomic E-state index is 12.1. The quantitative estimate of drug-likeness (QED) is 0.293. The number of halogens is 1. The van der Waals surface area contributed by atoms with Gasteiger partial charge in [0.1, 0.15) is 41.8 Å². The number of nitrogens with zero attached hydrogens (tertiary/aromatic N) is 12. The summed E-state index contributed by atoms with van der Waals surface area (Å²) >= 11 is 0. The number of nitriles is 2. The van der Waals surface area contributed by atoms with E-state index in [0.717, 1.165) is 37.3 Å². The molecule has 2 saturated carbocycles. The minimum absolute atomic E-state index is 0. The second kappa shape index (κ2) is 13.9. The van der Waals surface area contributed by atoms with Crippen LogP contribution in [0.15, 0.2) is 24.8 Å². The van der Waals surface area contributed by atoms with E-state index in [9.17, 15) is 4.79 Å². The monoisotopic (exact) mass is 646 g/mol. The third-order valence-electron chi connectivity index (χ3n) is 6.68. The van der Waals surface area contributed by atoms with Crippen molar-refractivity contribution in [3.05, 3.63) is 59.5 Å². The number of nitrogens with one attached hydrogen (secondary N) is 1. The fraction of sp³-hybridized carbons (Fsp3) is 0.483. The molecule has 0 spiro atoms. The Morgan fingerprint density at radius 2 is 1.35 bits per heavy atom. The summed E-state index contributed by atoms with van der Waals surface area (Å²) in [5.74, 6) is 4.45. The molecule has 0 aliphatic heterocycles. The number of nitrogens with two attached hydrogens (primary N) is 1. The molecule has 0 radical (unpaired) electrons. The highest BCUT2D eigenvalue weighted by Gasteiger charge is 2.32. The number of alkyl carbamates (subject to hydrolysis) is 1. The molecule has 17 heteroatoms. The molecule has 240 valence electrons. The SMILES string of the molecule is CC(N)c1nc(C2CC2)nn1-c1cc(C#N)ncn1.CC(NC(=O)OC(C)(C)C)c1nc(C2CC2)nn1-c1cc(C#N)ncn1.Cl. The number of amides is 1. The Kier molecular flexibility index (Phi) is 10.2. The molecule has 2 fully saturated rings. The van der Waals surface area contributed by atoms with Crippen LogP contribution >= 0.6 is 12.4 Å². The van der Waals surface area contributed by atoms with Gasteiger partial charge in [0.15, 0.2) is 34.9 Å². The summed E-state index contributed by atoms with van der Waals surface area (Å²) in [6.45, 7) is 9.05. The van der Waals surface area contributed by atoms with Gasteiger partial charge in [0.05, 0.1) is 12.1 Å². The molecule has 46 heavy (non-hydrogen) atoms. The Hall–Kier alpha value is -5.06. The van der Waals surface area contributed by atoms with Crippen molar-refractivity contribution in [1.82, 2.24) is 54.8 Å². The number of hydrogen-bond acceptors (Lipinski definition) is 13. The van der Waals surface area contributed by atoms with Gasteiger partial charge in [0.2, 0.25) is 0 Å². The standard InChI is InChI=1S/C17H21N7O2.C12H13N7.ClH/c1-10(21-16(25)26-17(2,3)4)15-22-14(11-5-6-11)23-24(15)13-7-12(8-18)19-9-20-13;1-7(14)12-17-11(8-2-3-8)18-19(12)10-4-9(5-13)15-6-16-10;/h7,9-11H,5-6H2,1-4H3,(H,21,25);4,6-8H,2-3,14H2,1H3;1H. The summed E-state index contributed by atoms with van der Waals surface area (Å²) in [5.41, 5.74) is 5.86. The molecule has 1 amide bonds. The molecule has 4 aromatic heterocycles. The molecule has 0 aromatic carbocycles. The summed E-state index contributed by atoms with van der Waals surface area (Å²) < 4.78 is 8.47. The van der Waals surface area contributed by atoms with Crippen LogP contribution in [0.2, 0.25) is 0 Å². The first-order valence-electron chi connectivity index (χ1n) is 14.6. The molecule has 2 aliphatic rings. The van der Waals surface area contributed by atoms with Crippen molar-refractivity contribution in [2.75, 3.05) is 0 Å². The lowest BCUT2D eigenvalue weighted by Crippen LogP contribution is -2.35. The highest BCUT2D eigenvalue weighted by Crippen LogP contribution is 2.39. The predicted octanol–water partition coefficient (Wildman–Crippen LogP) is 3.64. The van der Waals surface area contributed by atoms with Crippen LogP contribution in [-0.2, 0) is 4.74 Å². The first-order chi connectivity index (χ1) is 21.5. The van der Waals surface area contributed by atoms with Crippen molar-refractivity contribution in [3.8, 4) is 23.8 Å². The van der Waals surface area contributed by atoms with Crippen LogP contribution < -0.4 is 11.1 Å². The van der Waals surface area contributed by atoms with E-state index in [4.69, 9.17) is 21.0 Å². The zero-order valence-corrected chi connectivity index (χ0v) is 26.9. The van der Waals surface area contributed by atoms with Crippen LogP contribution in [-0.4, -0.2) is 61.2 Å². The Morgan fingerprint density at radius 1 is 0.891 bits per heavy atom. The fourth-order valence-electron chi connectivity index (χ4n) is 4.22. The third-order valence-corrected chi connectivity index (χ3v) is 6.68. The Bertz CT molecular complexity index is 1770. The van der Waals surface area contributed by atoms with Gasteiger partial charge in [-0.3, -0.25) is 0 Å². The molecule has 4 heterocycles. The van der Waals surface area contributed by atoms with E-state index in [1.54, 1.807) is 43.1 Å². The van der Waals surface area contributed by atoms with Gasteiger partial charge in [-0.05, 0) is 60.3 Å². The first kappa shape index (κ1) is 33.8. The summed E-state index contributed by atoms with van der Waals surface area (Å²) in [5, 5.41) is 29.7. The van der Waals surface area contributed by atoms with Crippen LogP contribution in [0.1, 0.15) is 119 Å². The van der Waals surface area contributed by atoms with E-state index < -0.39 is 17.7 Å². The van der Waals surface area contributed by atoms with E-state index >= 15 is 0 Å². The van der Waals surface area contributed by atoms with Crippen LogP contribution in [0.25, 0.3) is 11.6 Å². The molecule has 2 aliphatic carbocycles. The number of carbonyl (C=O) groups excluding carboxylic acids is 1. The van der Waals surface area contributed by atoms with Gasteiger partial charge < -0.3 is 15.8 Å². The highest BCUT2D eigenvalue weighted by molar-refractivity contribution is 5.85. The van der Waals surface area contributed by atoms with Crippen molar-refractivity contribution < 1.29 is 9.53 Å². The molecule has 3 N–H and O–H groups in total. The molecule has 2 unspecified atom stereocenters. The van der Waals surface area contributed by atoms with Crippen molar-refractivity contribution in [2.24, 2.45) is 5.73 Å². The average Bonchev–Trinajstić information content (AvgIpc) is 3.95. The molecular formula is C29H35ClN14O2. The number of carbonyl (C=O) groups is 1. The summed E-state index contributed by atoms with van der Waals surface area (Å²) in [7, 11) is 0. The van der Waals surface area contributed by atoms with E-state index in [1.165, 1.54) is 18.7 Å². The van der Waals surface area contributed by atoms with Crippen LogP contribution in [0.4, 0.5) is 4.79 Å². The average molecular weight is 647 g/mol. The second-order valence-corrected chi connectivity index (χ2v) is 11.9. The van der Waals surface area contributed by atoms with Crippen LogP contribution in [0.3, 0.4) is 0 Å². The highest BCUT2D eigenvalue weighted by atomic mass is 35.5. The van der Waals surface area contributed by atoms with E-state index in [1.807, 2.05) is 19.1 Å². The second-order valence-electron chi connectivity index (χ2n) is 11.9. The molecule has 0 saturated heterocycles. The zero-order chi connectivity index (χ0) is 32.3. The molecule has 2 atom stereocenters. The van der Waals surface area contributed by atoms with Gasteiger partial charge in [-0.1, -0.05) is 0 Å². The number of hydrogen-bond donors (Lipinski definition) is 2. The van der Waals surface area contributed by atoms with Gasteiger partial charge in [0, 0.05) is 24.0 Å². The van der Waals surface area contributed by atoms with Gasteiger partial charge in [-0.15, -0.1) is 22.6 Å². The predicted molar refractivity (Wildman–Crippen MR) is 165 cm³/mol. The van der Waals surface area contributed by atoms with Crippen molar-refractivity contribution in [2.45, 2.75) is 89.8 Å². The van der Waals surface area contributed by atoms with E-state index in [-0.39, 0.29) is 24.1 Å². The van der Waals surface area contributed by atoms with Gasteiger partial charge in [-0.25, -0.2) is 34.7 Å². The lowest BCUT2D eigenvalue weighted by molar-refractivity contribution is 0.0505. The smallest absolute Gasteiger partial charge is 0.408 e. The normalized spacial score (nSPS) is 15.2. The van der Waals surface area contributed by atoms with E-state index in [0.29, 0.717) is 40.8 Å². The van der Waals surface area contributed by atoms with Crippen LogP contribution in [0, 0.1) is 22.7 Å². The van der Waals surface area contributed by atoms with Crippen LogP contribution in [0.5, 0.6) is 0 Å². The number of rotatable bonds is 7. The lowest BCUT2D eigenvalue weighted by Gasteiger charge is -2.21. The molecule has 16 nitrogen and oxygen atoms in total. The topological polar surface area (TPSA) is 225 Å². The first-order valence-corrected chi connectivity index (χ1v) is 14.6. The van der Waals surface area contributed by atoms with Gasteiger partial charge in [-0.2, -0.15) is 19.9 Å². The minimum Gasteiger partial charge on any atom is -0.444 e. The lowest BCUT2D eigenvalue weighted by atomic mass is 10.2. The zero-order valence-electron chi connectivity index (χ0n) is 26.1. The maximum absolute atomic E-state index is 12.1. The molecule has 6 rings (SSSR count). The largest absolute Gasteiger partial charge is 0.444 e. The Labute approximate surface area is 271 Å². The van der Waals surface area contributed by atoms with Crippen molar-refractivity contribution >= 4 is 18.5 Å². The van der Waals surface area contributed by atoms with Gasteiger partial charge >= 0.3 is 6.09 Å². The molecular weight excluding hydrogens is 612 g/mol. The maximum Gasteiger partial charge on any atom is 0.408 e. The van der Waals surface area contributed by atoms with Gasteiger partial charge in [0.25, 0.3) is 0 Å². The van der Waals surface area contributed by atoms with Crippen molar-refractivity contribution in [1.29, 1.82) is 10.5 Å². The van der Waals surface area contributed by atoms with E-state index in [2.05, 4.69) is 45.4 Å². The fourth-order valence-corrected chi connectivity index (χ4v) is 4.22. The summed E-state index contributed by atoms with van der Waals surface area (Å²) in [6.07, 6.45) is 6.45. The summed E-state index contributed by atoms with van der Waals surface area (Å²) in [4.78, 5) is 37.2. The number of aromatic nitrogens is 10. The molecule has 4 aromatic rings. The summed E-state index contributed by atoms with van der Waals surface area (Å²) in [6, 6.07) is 6.38. The third kappa shape index (κ3) is 8.35. The van der Waals surface area contributed by atoms with Crippen molar-refractivity contribution in [3.63, 3.8) is 0 Å². The minimum atomic E-state index is -0.592. The Morgan fingerprint density at radius 3 is 1.76 bits per heavy atom. The number of ether oxygens (including phenoxy) is 1. The molecule has 0 bridgehead atoms. The Balaban J connectivity index is 0.000000213.